The minimum absolute atomic E-state index is 0.889. The smallest absolute Gasteiger partial charge is 0.0305 e. The Balaban J connectivity index is 2.39. The van der Waals surface area contributed by atoms with Gasteiger partial charge in [0.15, 0.2) is 0 Å². The van der Waals surface area contributed by atoms with Crippen molar-refractivity contribution in [2.24, 2.45) is 10.9 Å². The zero-order valence-electron chi connectivity index (χ0n) is 9.08. The Kier molecular flexibility index (Phi) is 4.60. The van der Waals surface area contributed by atoms with Crippen molar-refractivity contribution in [1.29, 1.82) is 0 Å². The number of rotatable bonds is 4. The fourth-order valence-electron chi connectivity index (χ4n) is 1.75. The van der Waals surface area contributed by atoms with Gasteiger partial charge in [-0.05, 0) is 44.1 Å². The molecule has 1 fully saturated rings. The molecule has 1 saturated heterocycles. The highest BCUT2D eigenvalue weighted by Crippen LogP contribution is 2.16. The minimum Gasteiger partial charge on any atom is -0.299 e. The predicted octanol–water partition coefficient (Wildman–Crippen LogP) is 2.49. The third kappa shape index (κ3) is 3.46. The summed E-state index contributed by atoms with van der Waals surface area (Å²) in [5.74, 6) is 0.889. The van der Waals surface area contributed by atoms with Gasteiger partial charge >= 0.3 is 0 Å². The Hall–Kier alpha value is -0.890. The molecule has 1 heterocycles. The first-order chi connectivity index (χ1) is 6.76. The summed E-state index contributed by atoms with van der Waals surface area (Å²) in [5.41, 5.74) is 1.16. The van der Waals surface area contributed by atoms with Crippen LogP contribution in [0.4, 0.5) is 0 Å². The number of piperidine rings is 1. The topological polar surface area (TPSA) is 15.6 Å². The van der Waals surface area contributed by atoms with Crippen LogP contribution in [0.5, 0.6) is 0 Å². The van der Waals surface area contributed by atoms with Gasteiger partial charge in [0, 0.05) is 12.7 Å². The summed E-state index contributed by atoms with van der Waals surface area (Å²) in [7, 11) is 0. The lowest BCUT2D eigenvalue weighted by molar-refractivity contribution is 0.207. The maximum atomic E-state index is 3.78. The van der Waals surface area contributed by atoms with Crippen molar-refractivity contribution in [2.45, 2.75) is 19.8 Å². The molecule has 0 aliphatic carbocycles. The molecular weight excluding hydrogens is 172 g/mol. The molecule has 0 saturated carbocycles. The quantitative estimate of drug-likeness (QED) is 0.493. The standard InChI is InChI=1S/C12H20N2/c1-4-12(9-13-3)10-14-7-5-11(2)6-8-14/h4,9,11H,1,3,5-8,10H2,2H3/b12-9+. The van der Waals surface area contributed by atoms with Crippen molar-refractivity contribution in [1.82, 2.24) is 4.90 Å². The molecule has 0 aromatic heterocycles. The number of aliphatic imine (C=N–C) groups is 1. The Morgan fingerprint density at radius 3 is 2.64 bits per heavy atom. The molecule has 1 aliphatic rings. The maximum absolute atomic E-state index is 3.78. The van der Waals surface area contributed by atoms with E-state index in [9.17, 15) is 0 Å². The van der Waals surface area contributed by atoms with Gasteiger partial charge in [-0.1, -0.05) is 19.6 Å². The molecular formula is C12H20N2. The normalized spacial score (nSPS) is 20.8. The molecule has 2 heteroatoms. The fraction of sp³-hybridized carbons (Fsp3) is 0.583. The van der Waals surface area contributed by atoms with Gasteiger partial charge in [-0.25, -0.2) is 0 Å². The molecule has 0 unspecified atom stereocenters. The second kappa shape index (κ2) is 5.76. The Morgan fingerprint density at radius 1 is 1.50 bits per heavy atom. The molecule has 0 atom stereocenters. The minimum atomic E-state index is 0.889. The van der Waals surface area contributed by atoms with Crippen molar-refractivity contribution in [2.75, 3.05) is 19.6 Å². The highest BCUT2D eigenvalue weighted by atomic mass is 15.1. The van der Waals surface area contributed by atoms with E-state index >= 15 is 0 Å². The van der Waals surface area contributed by atoms with Crippen molar-refractivity contribution < 1.29 is 0 Å². The molecule has 14 heavy (non-hydrogen) atoms. The van der Waals surface area contributed by atoms with Crippen molar-refractivity contribution in [3.05, 3.63) is 24.4 Å². The molecule has 1 aliphatic heterocycles. The van der Waals surface area contributed by atoms with Crippen LogP contribution in [0.2, 0.25) is 0 Å². The van der Waals surface area contributed by atoms with Crippen molar-refractivity contribution in [3.63, 3.8) is 0 Å². The number of nitrogens with zero attached hydrogens (tertiary/aromatic N) is 2. The lowest BCUT2D eigenvalue weighted by Gasteiger charge is -2.30. The molecule has 78 valence electrons. The maximum Gasteiger partial charge on any atom is 0.0305 e. The van der Waals surface area contributed by atoms with Crippen LogP contribution in [-0.2, 0) is 0 Å². The summed E-state index contributed by atoms with van der Waals surface area (Å²) in [6.45, 7) is 12.9. The van der Waals surface area contributed by atoms with Gasteiger partial charge in [-0.3, -0.25) is 9.89 Å². The van der Waals surface area contributed by atoms with Crippen LogP contribution in [0.25, 0.3) is 0 Å². The predicted molar refractivity (Wildman–Crippen MR) is 62.7 cm³/mol. The molecule has 0 aromatic rings. The number of hydrogen-bond acceptors (Lipinski definition) is 2. The lowest BCUT2D eigenvalue weighted by atomic mass is 9.99. The third-order valence-electron chi connectivity index (χ3n) is 2.80. The average molecular weight is 192 g/mol. The molecule has 0 aromatic carbocycles. The summed E-state index contributed by atoms with van der Waals surface area (Å²) in [6, 6.07) is 0. The summed E-state index contributed by atoms with van der Waals surface area (Å²) < 4.78 is 0. The zero-order chi connectivity index (χ0) is 10.4. The van der Waals surface area contributed by atoms with E-state index in [4.69, 9.17) is 0 Å². The summed E-state index contributed by atoms with van der Waals surface area (Å²) in [4.78, 5) is 6.23. The van der Waals surface area contributed by atoms with Gasteiger partial charge in [0.2, 0.25) is 0 Å². The van der Waals surface area contributed by atoms with E-state index in [-0.39, 0.29) is 0 Å². The number of likely N-dealkylation sites (tertiary alicyclic amines) is 1. The zero-order valence-corrected chi connectivity index (χ0v) is 9.08. The summed E-state index contributed by atoms with van der Waals surface area (Å²) in [6.07, 6.45) is 6.29. The van der Waals surface area contributed by atoms with Crippen LogP contribution in [0.3, 0.4) is 0 Å². The van der Waals surface area contributed by atoms with Gasteiger partial charge in [0.1, 0.15) is 0 Å². The molecule has 0 N–H and O–H groups in total. The van der Waals surface area contributed by atoms with Crippen LogP contribution in [0.15, 0.2) is 29.4 Å². The van der Waals surface area contributed by atoms with E-state index in [1.54, 1.807) is 6.20 Å². The molecule has 0 bridgehead atoms. The highest BCUT2D eigenvalue weighted by molar-refractivity contribution is 5.29. The van der Waals surface area contributed by atoms with E-state index in [0.717, 1.165) is 18.0 Å². The molecule has 1 rings (SSSR count). The molecule has 2 nitrogen and oxygen atoms in total. The largest absolute Gasteiger partial charge is 0.299 e. The number of hydrogen-bond donors (Lipinski definition) is 0. The van der Waals surface area contributed by atoms with Crippen LogP contribution in [0.1, 0.15) is 19.8 Å². The molecule has 0 spiro atoms. The first kappa shape index (κ1) is 11.2. The van der Waals surface area contributed by atoms with Gasteiger partial charge < -0.3 is 0 Å². The van der Waals surface area contributed by atoms with Gasteiger partial charge in [0.25, 0.3) is 0 Å². The van der Waals surface area contributed by atoms with E-state index in [1.807, 2.05) is 6.08 Å². The summed E-state index contributed by atoms with van der Waals surface area (Å²) >= 11 is 0. The fourth-order valence-corrected chi connectivity index (χ4v) is 1.75. The van der Waals surface area contributed by atoms with E-state index < -0.39 is 0 Å². The monoisotopic (exact) mass is 192 g/mol. The van der Waals surface area contributed by atoms with E-state index in [1.165, 1.54) is 25.9 Å². The van der Waals surface area contributed by atoms with E-state index in [0.29, 0.717) is 0 Å². The van der Waals surface area contributed by atoms with Crippen LogP contribution >= 0.6 is 0 Å². The molecule has 0 amide bonds. The second-order valence-electron chi connectivity index (χ2n) is 4.05. The van der Waals surface area contributed by atoms with Crippen molar-refractivity contribution >= 4 is 6.72 Å². The molecule has 0 radical (unpaired) electrons. The Labute approximate surface area is 87.0 Å². The third-order valence-corrected chi connectivity index (χ3v) is 2.80. The Morgan fingerprint density at radius 2 is 2.14 bits per heavy atom. The van der Waals surface area contributed by atoms with Gasteiger partial charge in [0.05, 0.1) is 0 Å². The van der Waals surface area contributed by atoms with E-state index in [2.05, 4.69) is 30.1 Å². The second-order valence-corrected chi connectivity index (χ2v) is 4.05. The SMILES string of the molecule is C=C/C(=C\N=C)CN1CCC(C)CC1. The van der Waals surface area contributed by atoms with Crippen LogP contribution in [-0.4, -0.2) is 31.3 Å². The van der Waals surface area contributed by atoms with Crippen LogP contribution < -0.4 is 0 Å². The van der Waals surface area contributed by atoms with Crippen LogP contribution in [0, 0.1) is 5.92 Å². The first-order valence-electron chi connectivity index (χ1n) is 5.26. The lowest BCUT2D eigenvalue weighted by Crippen LogP contribution is -2.34. The Bertz CT molecular complexity index is 222. The first-order valence-corrected chi connectivity index (χ1v) is 5.26. The average Bonchev–Trinajstić information content (AvgIpc) is 2.20. The summed E-state index contributed by atoms with van der Waals surface area (Å²) in [5, 5.41) is 0. The van der Waals surface area contributed by atoms with Gasteiger partial charge in [-0.2, -0.15) is 0 Å². The highest BCUT2D eigenvalue weighted by Gasteiger charge is 2.15. The van der Waals surface area contributed by atoms with Gasteiger partial charge in [-0.15, -0.1) is 0 Å². The van der Waals surface area contributed by atoms with Crippen molar-refractivity contribution in [3.8, 4) is 0 Å².